The number of aliphatic hydroxyl groups excluding tert-OH is 1. The zero-order chi connectivity index (χ0) is 29.9. The summed E-state index contributed by atoms with van der Waals surface area (Å²) in [7, 11) is 0. The molecule has 1 fully saturated rings. The predicted molar refractivity (Wildman–Crippen MR) is 173 cm³/mol. The molecule has 220 valence electrons. The van der Waals surface area contributed by atoms with Gasteiger partial charge in [0.2, 0.25) is 0 Å². The number of nitrogens with zero attached hydrogens (tertiary/aromatic N) is 1. The fraction of sp³-hybridized carbons (Fsp3) is 0.235. The molecule has 2 aliphatic rings. The number of piperidine rings is 1. The second kappa shape index (κ2) is 12.4. The fourth-order valence-corrected chi connectivity index (χ4v) is 5.89. The summed E-state index contributed by atoms with van der Waals surface area (Å²) in [5.74, 6) is -0.0771. The van der Waals surface area contributed by atoms with Gasteiger partial charge in [-0.1, -0.05) is 24.6 Å². The third-order valence-electron chi connectivity index (χ3n) is 8.07. The molecular formula is C34H34ClN5O3. The van der Waals surface area contributed by atoms with E-state index in [0.29, 0.717) is 34.1 Å². The Morgan fingerprint density at radius 1 is 0.884 bits per heavy atom. The maximum atomic E-state index is 13.0. The van der Waals surface area contributed by atoms with Crippen LogP contribution >= 0.6 is 11.6 Å². The van der Waals surface area contributed by atoms with Crippen molar-refractivity contribution in [1.82, 2.24) is 9.88 Å². The van der Waals surface area contributed by atoms with Gasteiger partial charge in [0, 0.05) is 70.0 Å². The largest absolute Gasteiger partial charge is 0.393 e. The number of carbonyl (C=O) groups excluding carboxylic acids is 2. The average Bonchev–Trinajstić information content (AvgIpc) is 3.48. The Hall–Kier alpha value is -4.53. The van der Waals surface area contributed by atoms with Crippen molar-refractivity contribution < 1.29 is 14.7 Å². The number of rotatable bonds is 7. The summed E-state index contributed by atoms with van der Waals surface area (Å²) in [5, 5.41) is 20.4. The van der Waals surface area contributed by atoms with Gasteiger partial charge >= 0.3 is 0 Å². The van der Waals surface area contributed by atoms with Crippen LogP contribution in [0.3, 0.4) is 0 Å². The molecule has 1 aliphatic heterocycles. The van der Waals surface area contributed by atoms with Crippen molar-refractivity contribution >= 4 is 57.1 Å². The molecule has 2 amide bonds. The number of anilines is 4. The van der Waals surface area contributed by atoms with Crippen molar-refractivity contribution in [3.05, 3.63) is 107 Å². The molecule has 0 spiro atoms. The first-order valence-corrected chi connectivity index (χ1v) is 14.9. The van der Waals surface area contributed by atoms with Gasteiger partial charge in [0.15, 0.2) is 0 Å². The number of hydrogen-bond donors (Lipinski definition) is 5. The van der Waals surface area contributed by atoms with Crippen molar-refractivity contribution in [1.29, 1.82) is 0 Å². The number of carbonyl (C=O) groups is 2. The molecule has 0 saturated carbocycles. The van der Waals surface area contributed by atoms with Crippen LogP contribution in [0.1, 0.15) is 36.5 Å². The summed E-state index contributed by atoms with van der Waals surface area (Å²) in [6.07, 6.45) is 7.85. The van der Waals surface area contributed by atoms with Crippen LogP contribution in [0.5, 0.6) is 0 Å². The lowest BCUT2D eigenvalue weighted by Crippen LogP contribution is -2.37. The van der Waals surface area contributed by atoms with E-state index in [9.17, 15) is 14.7 Å². The summed E-state index contributed by atoms with van der Waals surface area (Å²) in [6.45, 7) is 3.85. The number of aliphatic hydroxyl groups is 1. The van der Waals surface area contributed by atoms with Crippen LogP contribution < -0.4 is 16.0 Å². The average molecular weight is 596 g/mol. The number of aromatic nitrogens is 1. The fourth-order valence-electron chi connectivity index (χ4n) is 5.66. The van der Waals surface area contributed by atoms with E-state index in [1.54, 1.807) is 18.2 Å². The highest BCUT2D eigenvalue weighted by molar-refractivity contribution is 6.33. The van der Waals surface area contributed by atoms with E-state index in [1.165, 1.54) is 5.70 Å². The number of nitrogens with one attached hydrogen (secondary N) is 4. The van der Waals surface area contributed by atoms with E-state index in [-0.39, 0.29) is 23.8 Å². The molecule has 1 atom stereocenters. The van der Waals surface area contributed by atoms with Gasteiger partial charge in [-0.3, -0.25) is 9.59 Å². The van der Waals surface area contributed by atoms with Crippen LogP contribution in [0.2, 0.25) is 5.02 Å². The first-order chi connectivity index (χ1) is 20.8. The van der Waals surface area contributed by atoms with E-state index in [0.717, 1.165) is 48.1 Å². The van der Waals surface area contributed by atoms with Crippen molar-refractivity contribution in [2.75, 3.05) is 29.0 Å². The van der Waals surface area contributed by atoms with E-state index in [1.807, 2.05) is 60.8 Å². The predicted octanol–water partition coefficient (Wildman–Crippen LogP) is 7.06. The molecule has 1 aromatic heterocycles. The number of likely N-dealkylation sites (tertiary alicyclic amines) is 1. The lowest BCUT2D eigenvalue weighted by atomic mass is 9.90. The highest BCUT2D eigenvalue weighted by Crippen LogP contribution is 2.31. The van der Waals surface area contributed by atoms with Crippen LogP contribution in [-0.4, -0.2) is 46.0 Å². The first-order valence-electron chi connectivity index (χ1n) is 14.5. The van der Waals surface area contributed by atoms with Crippen LogP contribution in [0.15, 0.2) is 96.3 Å². The molecule has 3 aromatic carbocycles. The van der Waals surface area contributed by atoms with Crippen molar-refractivity contribution in [3.8, 4) is 0 Å². The highest BCUT2D eigenvalue weighted by atomic mass is 35.5. The summed E-state index contributed by atoms with van der Waals surface area (Å²) < 4.78 is 0. The maximum absolute atomic E-state index is 13.0. The monoisotopic (exact) mass is 595 g/mol. The molecule has 1 unspecified atom stereocenters. The number of halogens is 1. The molecule has 1 aliphatic carbocycles. The molecule has 4 aromatic rings. The van der Waals surface area contributed by atoms with Crippen molar-refractivity contribution in [2.24, 2.45) is 5.92 Å². The van der Waals surface area contributed by atoms with Gasteiger partial charge in [-0.2, -0.15) is 0 Å². The van der Waals surface area contributed by atoms with Gasteiger partial charge in [-0.05, 0) is 92.1 Å². The van der Waals surface area contributed by atoms with Crippen LogP contribution in [0.25, 0.3) is 10.9 Å². The van der Waals surface area contributed by atoms with Crippen molar-refractivity contribution in [3.63, 3.8) is 0 Å². The van der Waals surface area contributed by atoms with E-state index >= 15 is 0 Å². The lowest BCUT2D eigenvalue weighted by Gasteiger charge is -2.37. The summed E-state index contributed by atoms with van der Waals surface area (Å²) in [5.41, 5.74) is 6.32. The van der Waals surface area contributed by atoms with Crippen molar-refractivity contribution in [2.45, 2.75) is 32.3 Å². The summed E-state index contributed by atoms with van der Waals surface area (Å²) in [4.78, 5) is 31.2. The van der Waals surface area contributed by atoms with E-state index in [4.69, 9.17) is 11.6 Å². The van der Waals surface area contributed by atoms with Gasteiger partial charge in [-0.15, -0.1) is 0 Å². The highest BCUT2D eigenvalue weighted by Gasteiger charge is 2.26. The zero-order valence-corrected chi connectivity index (χ0v) is 24.6. The second-order valence-corrected chi connectivity index (χ2v) is 11.6. The number of benzene rings is 3. The van der Waals surface area contributed by atoms with Crippen LogP contribution in [0, 0.1) is 5.92 Å². The molecule has 9 heteroatoms. The molecule has 6 rings (SSSR count). The SMILES string of the molecule is CC1CC(C(=O)Nc2ccc(Nc3ccc(NC(=O)c4ccc5[nH]ccc5c4)cc3Cl)cc2)=CC=C1N1CCC(O)CC1. The number of H-pyrrole nitrogens is 1. The van der Waals surface area contributed by atoms with Gasteiger partial charge in [0.1, 0.15) is 0 Å². The van der Waals surface area contributed by atoms with E-state index in [2.05, 4.69) is 38.8 Å². The smallest absolute Gasteiger partial charge is 0.255 e. The molecule has 5 N–H and O–H groups in total. The molecule has 2 heterocycles. The number of aromatic amines is 1. The number of allylic oxidation sites excluding steroid dienone is 3. The molecular weight excluding hydrogens is 562 g/mol. The summed E-state index contributed by atoms with van der Waals surface area (Å²) in [6, 6.07) is 20.2. The zero-order valence-electron chi connectivity index (χ0n) is 23.9. The normalized spacial score (nSPS) is 17.3. The first kappa shape index (κ1) is 28.6. The molecule has 8 nitrogen and oxygen atoms in total. The quantitative estimate of drug-likeness (QED) is 0.157. The maximum Gasteiger partial charge on any atom is 0.255 e. The second-order valence-electron chi connectivity index (χ2n) is 11.2. The number of hydrogen-bond acceptors (Lipinski definition) is 5. The minimum Gasteiger partial charge on any atom is -0.393 e. The van der Waals surface area contributed by atoms with Gasteiger partial charge < -0.3 is 30.9 Å². The molecule has 0 radical (unpaired) electrons. The minimum atomic E-state index is -0.213. The Kier molecular flexibility index (Phi) is 8.22. The third kappa shape index (κ3) is 6.61. The van der Waals surface area contributed by atoms with Gasteiger partial charge in [-0.25, -0.2) is 0 Å². The topological polar surface area (TPSA) is 109 Å². The number of fused-ring (bicyclic) bond motifs is 1. The molecule has 43 heavy (non-hydrogen) atoms. The lowest BCUT2D eigenvalue weighted by molar-refractivity contribution is -0.113. The Balaban J connectivity index is 1.04. The third-order valence-corrected chi connectivity index (χ3v) is 8.38. The standard InChI is InChI=1S/C34H34ClN5O3/c1-21-18-23(3-11-32(21)40-16-13-28(41)14-17-40)33(42)38-26-6-4-25(5-7-26)37-31-10-8-27(20-29(31)35)39-34(43)24-2-9-30-22(19-24)12-15-36-30/h2-12,15,19-21,28,36-37,41H,13-14,16-18H2,1H3,(H,38,42)(H,39,43). The van der Waals surface area contributed by atoms with Gasteiger partial charge in [0.25, 0.3) is 11.8 Å². The van der Waals surface area contributed by atoms with Gasteiger partial charge in [0.05, 0.1) is 16.8 Å². The molecule has 0 bridgehead atoms. The number of amides is 2. The van der Waals surface area contributed by atoms with E-state index < -0.39 is 0 Å². The van der Waals surface area contributed by atoms with Crippen LogP contribution in [0.4, 0.5) is 22.7 Å². The Labute approximate surface area is 255 Å². The Morgan fingerprint density at radius 3 is 2.35 bits per heavy atom. The Bertz CT molecular complexity index is 1720. The Morgan fingerprint density at radius 2 is 1.60 bits per heavy atom. The van der Waals surface area contributed by atoms with Crippen LogP contribution in [-0.2, 0) is 4.79 Å². The minimum absolute atomic E-state index is 0.106. The molecule has 1 saturated heterocycles. The summed E-state index contributed by atoms with van der Waals surface area (Å²) >= 11 is 6.54.